The molecule has 2 aromatic rings. The number of anilines is 1. The fraction of sp³-hybridized carbons (Fsp3) is 0.500. The first kappa shape index (κ1) is 23.4. The number of rotatable bonds is 10. The predicted octanol–water partition coefficient (Wildman–Crippen LogP) is 3.31. The lowest BCUT2D eigenvalue weighted by Crippen LogP contribution is -2.29. The number of nitrogens with two attached hydrogens (primary N) is 1. The molecule has 0 radical (unpaired) electrons. The lowest BCUT2D eigenvalue weighted by atomic mass is 9.99. The lowest BCUT2D eigenvalue weighted by molar-refractivity contribution is 0.384. The number of hydrogen-bond donors (Lipinski definition) is 3. The molecule has 0 aliphatic heterocycles. The van der Waals surface area contributed by atoms with E-state index in [9.17, 15) is 12.8 Å². The minimum absolute atomic E-state index is 0.0440. The first-order chi connectivity index (χ1) is 14.7. The van der Waals surface area contributed by atoms with Gasteiger partial charge in [-0.1, -0.05) is 12.1 Å². The Balaban J connectivity index is 1.49. The third-order valence-corrected chi connectivity index (χ3v) is 6.62. The summed E-state index contributed by atoms with van der Waals surface area (Å²) in [4.78, 5) is 4.46. The number of hydrogen-bond acceptors (Lipinski definition) is 6. The lowest BCUT2D eigenvalue weighted by Gasteiger charge is -2.21. The zero-order valence-corrected chi connectivity index (χ0v) is 18.8. The maximum atomic E-state index is 13.7. The van der Waals surface area contributed by atoms with Gasteiger partial charge in [-0.25, -0.2) is 22.9 Å². The molecule has 0 saturated heterocycles. The van der Waals surface area contributed by atoms with E-state index in [0.717, 1.165) is 30.6 Å². The molecule has 1 aromatic carbocycles. The Morgan fingerprint density at radius 3 is 2.77 bits per heavy atom. The van der Waals surface area contributed by atoms with Gasteiger partial charge in [0.05, 0.1) is 12.9 Å². The maximum Gasteiger partial charge on any atom is 0.209 e. The van der Waals surface area contributed by atoms with Gasteiger partial charge in [-0.2, -0.15) is 0 Å². The first-order valence-electron chi connectivity index (χ1n) is 10.5. The molecule has 0 amide bonds. The van der Waals surface area contributed by atoms with Crippen molar-refractivity contribution >= 4 is 15.8 Å². The maximum absolute atomic E-state index is 13.7. The number of halogens is 1. The zero-order valence-electron chi connectivity index (χ0n) is 18.0. The van der Waals surface area contributed by atoms with Crippen molar-refractivity contribution in [1.82, 2.24) is 10.3 Å². The van der Waals surface area contributed by atoms with Gasteiger partial charge in [-0.15, -0.1) is 0 Å². The summed E-state index contributed by atoms with van der Waals surface area (Å²) in [6.45, 7) is 2.59. The van der Waals surface area contributed by atoms with Crippen LogP contribution in [0.15, 0.2) is 36.5 Å². The summed E-state index contributed by atoms with van der Waals surface area (Å²) in [6.07, 6.45) is 5.51. The molecule has 170 valence electrons. The summed E-state index contributed by atoms with van der Waals surface area (Å²) in [5.41, 5.74) is 2.21. The number of methoxy groups -OCH3 is 1. The van der Waals surface area contributed by atoms with Crippen molar-refractivity contribution in [2.75, 3.05) is 24.7 Å². The molecule has 1 aliphatic carbocycles. The van der Waals surface area contributed by atoms with Crippen molar-refractivity contribution in [3.8, 4) is 5.75 Å². The summed E-state index contributed by atoms with van der Waals surface area (Å²) in [6, 6.07) is 9.47. The third kappa shape index (κ3) is 6.88. The molecule has 9 heteroatoms. The van der Waals surface area contributed by atoms with E-state index < -0.39 is 10.0 Å². The van der Waals surface area contributed by atoms with Crippen molar-refractivity contribution < 1.29 is 17.5 Å². The number of sulfonamides is 1. The van der Waals surface area contributed by atoms with Crippen LogP contribution in [0.1, 0.15) is 55.7 Å². The van der Waals surface area contributed by atoms with Crippen LogP contribution < -0.4 is 20.5 Å². The van der Waals surface area contributed by atoms with E-state index in [1.807, 2.05) is 12.3 Å². The Kier molecular flexibility index (Phi) is 7.85. The number of nitrogens with zero attached hydrogens (tertiary/aromatic N) is 1. The molecule has 1 aliphatic rings. The van der Waals surface area contributed by atoms with Crippen molar-refractivity contribution in [2.45, 2.75) is 50.6 Å². The topological polar surface area (TPSA) is 106 Å². The largest absolute Gasteiger partial charge is 0.494 e. The van der Waals surface area contributed by atoms with Crippen LogP contribution in [0.3, 0.4) is 0 Å². The number of aromatic nitrogens is 1. The second-order valence-electron chi connectivity index (χ2n) is 8.11. The average molecular weight is 451 g/mol. The van der Waals surface area contributed by atoms with Crippen LogP contribution >= 0.6 is 0 Å². The number of pyridine rings is 1. The zero-order chi connectivity index (χ0) is 22.4. The summed E-state index contributed by atoms with van der Waals surface area (Å²) in [5.74, 6) is 1.03. The van der Waals surface area contributed by atoms with E-state index in [-0.39, 0.29) is 23.4 Å². The molecule has 3 atom stereocenters. The molecule has 31 heavy (non-hydrogen) atoms. The van der Waals surface area contributed by atoms with Crippen LogP contribution in [0.5, 0.6) is 5.75 Å². The molecule has 3 unspecified atom stereocenters. The smallest absolute Gasteiger partial charge is 0.209 e. The minimum Gasteiger partial charge on any atom is -0.494 e. The number of primary sulfonamides is 1. The molecular weight excluding hydrogens is 419 g/mol. The van der Waals surface area contributed by atoms with Gasteiger partial charge in [-0.05, 0) is 67.9 Å². The van der Waals surface area contributed by atoms with E-state index >= 15 is 0 Å². The second kappa shape index (κ2) is 10.4. The van der Waals surface area contributed by atoms with Gasteiger partial charge in [0.2, 0.25) is 10.0 Å². The highest BCUT2D eigenvalue weighted by Crippen LogP contribution is 2.35. The highest BCUT2D eigenvalue weighted by Gasteiger charge is 2.27. The van der Waals surface area contributed by atoms with E-state index in [4.69, 9.17) is 9.88 Å². The van der Waals surface area contributed by atoms with Gasteiger partial charge in [0.15, 0.2) is 11.6 Å². The normalized spacial score (nSPS) is 19.9. The van der Waals surface area contributed by atoms with Crippen LogP contribution in [0.4, 0.5) is 10.2 Å². The summed E-state index contributed by atoms with van der Waals surface area (Å²) >= 11 is 0. The Bertz CT molecular complexity index is 969. The molecule has 0 spiro atoms. The monoisotopic (exact) mass is 450 g/mol. The Labute approximate surface area is 183 Å². The summed E-state index contributed by atoms with van der Waals surface area (Å²) < 4.78 is 40.7. The average Bonchev–Trinajstić information content (AvgIpc) is 3.19. The quantitative estimate of drug-likeness (QED) is 0.480. The van der Waals surface area contributed by atoms with Crippen molar-refractivity contribution in [3.63, 3.8) is 0 Å². The van der Waals surface area contributed by atoms with Gasteiger partial charge >= 0.3 is 0 Å². The van der Waals surface area contributed by atoms with Crippen molar-refractivity contribution in [2.24, 2.45) is 5.14 Å². The Hall–Kier alpha value is -2.23. The van der Waals surface area contributed by atoms with Crippen LogP contribution in [-0.4, -0.2) is 38.9 Å². The molecule has 1 fully saturated rings. The molecular formula is C22H31FN4O3S. The SMILES string of the molecule is COc1cc(C(C)NC2CCC(c3ccc(NCCCS(N)(=O)=O)nc3)C2)ccc1F. The van der Waals surface area contributed by atoms with Gasteiger partial charge in [-0.3, -0.25) is 0 Å². The molecule has 0 bridgehead atoms. The summed E-state index contributed by atoms with van der Waals surface area (Å²) in [5, 5.41) is 11.8. The van der Waals surface area contributed by atoms with E-state index in [1.54, 1.807) is 12.1 Å². The minimum atomic E-state index is -3.42. The van der Waals surface area contributed by atoms with Crippen LogP contribution in [0, 0.1) is 5.82 Å². The van der Waals surface area contributed by atoms with Gasteiger partial charge in [0.25, 0.3) is 0 Å². The predicted molar refractivity (Wildman–Crippen MR) is 120 cm³/mol. The van der Waals surface area contributed by atoms with Crippen molar-refractivity contribution in [3.05, 3.63) is 53.5 Å². The van der Waals surface area contributed by atoms with Crippen LogP contribution in [0.2, 0.25) is 0 Å². The molecule has 1 saturated carbocycles. The highest BCUT2D eigenvalue weighted by atomic mass is 32.2. The van der Waals surface area contributed by atoms with Crippen LogP contribution in [0.25, 0.3) is 0 Å². The van der Waals surface area contributed by atoms with Gasteiger partial charge in [0, 0.05) is 24.8 Å². The van der Waals surface area contributed by atoms with Crippen molar-refractivity contribution in [1.29, 1.82) is 0 Å². The summed E-state index contributed by atoms with van der Waals surface area (Å²) in [7, 11) is -1.95. The van der Waals surface area contributed by atoms with E-state index in [0.29, 0.717) is 24.9 Å². The van der Waals surface area contributed by atoms with Gasteiger partial charge < -0.3 is 15.4 Å². The number of nitrogens with one attached hydrogen (secondary N) is 2. The molecule has 1 aromatic heterocycles. The Morgan fingerprint density at radius 2 is 2.10 bits per heavy atom. The number of benzene rings is 1. The van der Waals surface area contributed by atoms with Gasteiger partial charge in [0.1, 0.15) is 5.82 Å². The fourth-order valence-corrected chi connectivity index (χ4v) is 4.62. The van der Waals surface area contributed by atoms with Crippen LogP contribution in [-0.2, 0) is 10.0 Å². The highest BCUT2D eigenvalue weighted by molar-refractivity contribution is 7.89. The molecule has 7 nitrogen and oxygen atoms in total. The second-order valence-corrected chi connectivity index (χ2v) is 9.85. The number of ether oxygens (including phenoxy) is 1. The molecule has 1 heterocycles. The standard InChI is InChI=1S/C22H31FN4O3S/c1-15(16-5-8-20(23)21(13-16)30-2)27-19-7-4-17(12-19)18-6-9-22(26-14-18)25-10-3-11-31(24,28)29/h5-6,8-9,13-15,17,19,27H,3-4,7,10-12H2,1-2H3,(H,25,26)(H2,24,28,29). The fourth-order valence-electron chi connectivity index (χ4n) is 4.07. The first-order valence-corrected chi connectivity index (χ1v) is 12.3. The Morgan fingerprint density at radius 1 is 1.29 bits per heavy atom. The molecule has 3 rings (SSSR count). The van der Waals surface area contributed by atoms with E-state index in [2.05, 4.69) is 28.6 Å². The van der Waals surface area contributed by atoms with E-state index in [1.165, 1.54) is 18.7 Å². The third-order valence-electron chi connectivity index (χ3n) is 5.76. The molecule has 4 N–H and O–H groups in total.